The standard InChI is InChI=1S/C17H16ClN5O2S2/c18-13-4-2-1-3-11(13)9-22-7-8-26-16(22)19-14(24)10-27-17-21-20-15(25)23(17)12-5-6-12/h1-4,7-8,12H,5-6,9-10H2,(H,20,25). The second-order valence-corrected chi connectivity index (χ2v) is 8.33. The van der Waals surface area contributed by atoms with Gasteiger partial charge in [-0.1, -0.05) is 41.6 Å². The van der Waals surface area contributed by atoms with Crippen molar-refractivity contribution in [2.75, 3.05) is 5.75 Å². The molecule has 4 rings (SSSR count). The number of carbonyl (C=O) groups is 1. The van der Waals surface area contributed by atoms with Crippen LogP contribution in [0, 0.1) is 0 Å². The monoisotopic (exact) mass is 421 g/mol. The Morgan fingerprint density at radius 3 is 3.00 bits per heavy atom. The molecule has 1 aliphatic carbocycles. The quantitative estimate of drug-likeness (QED) is 0.620. The Hall–Kier alpha value is -2.10. The summed E-state index contributed by atoms with van der Waals surface area (Å²) in [4.78, 5) is 28.9. The van der Waals surface area contributed by atoms with Crippen LogP contribution < -0.4 is 10.5 Å². The van der Waals surface area contributed by atoms with Crippen LogP contribution in [-0.2, 0) is 11.3 Å². The number of nitrogens with zero attached hydrogens (tertiary/aromatic N) is 4. The number of halogens is 1. The van der Waals surface area contributed by atoms with Gasteiger partial charge in [0.15, 0.2) is 9.96 Å². The Labute approximate surface area is 167 Å². The second-order valence-electron chi connectivity index (χ2n) is 6.11. The molecule has 1 N–H and O–H groups in total. The van der Waals surface area contributed by atoms with Crippen molar-refractivity contribution in [3.05, 3.63) is 61.7 Å². The summed E-state index contributed by atoms with van der Waals surface area (Å²) < 4.78 is 3.52. The van der Waals surface area contributed by atoms with Gasteiger partial charge in [0.05, 0.1) is 12.3 Å². The molecule has 0 radical (unpaired) electrons. The minimum absolute atomic E-state index is 0.126. The number of H-pyrrole nitrogens is 1. The lowest BCUT2D eigenvalue weighted by atomic mass is 10.2. The molecule has 2 aromatic heterocycles. The number of aromatic amines is 1. The number of hydrogen-bond acceptors (Lipinski definition) is 5. The second kappa shape index (κ2) is 7.87. The van der Waals surface area contributed by atoms with E-state index in [4.69, 9.17) is 11.6 Å². The van der Waals surface area contributed by atoms with Crippen molar-refractivity contribution in [3.8, 4) is 0 Å². The number of amides is 1. The summed E-state index contributed by atoms with van der Waals surface area (Å²) in [5.74, 6) is -0.144. The highest BCUT2D eigenvalue weighted by molar-refractivity contribution is 7.99. The number of rotatable bonds is 6. The van der Waals surface area contributed by atoms with Gasteiger partial charge in [0.2, 0.25) is 0 Å². The number of thiazole rings is 1. The molecule has 0 unspecified atom stereocenters. The molecule has 0 bridgehead atoms. The molecule has 1 aliphatic rings. The number of thioether (sulfide) groups is 1. The van der Waals surface area contributed by atoms with E-state index in [1.165, 1.54) is 23.1 Å². The van der Waals surface area contributed by atoms with Crippen LogP contribution in [0.4, 0.5) is 0 Å². The van der Waals surface area contributed by atoms with Crippen molar-refractivity contribution >= 4 is 40.6 Å². The van der Waals surface area contributed by atoms with Crippen LogP contribution in [0.15, 0.2) is 50.8 Å². The molecule has 1 aromatic carbocycles. The summed E-state index contributed by atoms with van der Waals surface area (Å²) in [5.41, 5.74) is 0.742. The van der Waals surface area contributed by atoms with Crippen molar-refractivity contribution in [1.82, 2.24) is 19.3 Å². The highest BCUT2D eigenvalue weighted by atomic mass is 35.5. The van der Waals surface area contributed by atoms with Crippen LogP contribution >= 0.6 is 34.7 Å². The molecule has 140 valence electrons. The molecule has 27 heavy (non-hydrogen) atoms. The largest absolute Gasteiger partial charge is 0.344 e. The minimum atomic E-state index is -0.270. The van der Waals surface area contributed by atoms with Gasteiger partial charge in [-0.25, -0.2) is 9.89 Å². The fraction of sp³-hybridized carbons (Fsp3) is 0.294. The van der Waals surface area contributed by atoms with Crippen molar-refractivity contribution in [2.45, 2.75) is 30.6 Å². The van der Waals surface area contributed by atoms with E-state index in [1.807, 2.05) is 40.4 Å². The van der Waals surface area contributed by atoms with E-state index in [0.717, 1.165) is 18.4 Å². The first-order valence-corrected chi connectivity index (χ1v) is 10.6. The minimum Gasteiger partial charge on any atom is -0.319 e. The Balaban J connectivity index is 1.46. The number of benzene rings is 1. The molecule has 10 heteroatoms. The summed E-state index contributed by atoms with van der Waals surface area (Å²) >= 11 is 8.84. The molecule has 2 heterocycles. The van der Waals surface area contributed by atoms with Crippen LogP contribution in [0.3, 0.4) is 0 Å². The van der Waals surface area contributed by atoms with Gasteiger partial charge in [-0.05, 0) is 24.5 Å². The van der Waals surface area contributed by atoms with E-state index in [-0.39, 0.29) is 23.4 Å². The first-order chi connectivity index (χ1) is 13.1. The summed E-state index contributed by atoms with van der Waals surface area (Å²) in [5, 5.41) is 9.56. The van der Waals surface area contributed by atoms with E-state index in [9.17, 15) is 9.59 Å². The van der Waals surface area contributed by atoms with Crippen LogP contribution in [-0.4, -0.2) is 31.0 Å². The SMILES string of the molecule is O=C(CSc1n[nH]c(=O)n1C1CC1)N=c1sccn1Cc1ccccc1Cl. The molecule has 0 saturated heterocycles. The molecule has 0 atom stereocenters. The van der Waals surface area contributed by atoms with E-state index >= 15 is 0 Å². The Bertz CT molecular complexity index is 1090. The molecule has 1 fully saturated rings. The van der Waals surface area contributed by atoms with Gasteiger partial charge in [-0.3, -0.25) is 9.36 Å². The van der Waals surface area contributed by atoms with Crippen molar-refractivity contribution < 1.29 is 4.79 Å². The van der Waals surface area contributed by atoms with E-state index in [1.54, 1.807) is 4.57 Å². The van der Waals surface area contributed by atoms with Gasteiger partial charge in [-0.2, -0.15) is 4.99 Å². The van der Waals surface area contributed by atoms with Crippen molar-refractivity contribution in [2.24, 2.45) is 4.99 Å². The zero-order chi connectivity index (χ0) is 18.8. The van der Waals surface area contributed by atoms with Crippen molar-refractivity contribution in [3.63, 3.8) is 0 Å². The maximum atomic E-state index is 12.3. The Kier molecular flexibility index (Phi) is 5.33. The highest BCUT2D eigenvalue weighted by Crippen LogP contribution is 2.35. The van der Waals surface area contributed by atoms with Gasteiger partial charge in [-0.15, -0.1) is 16.4 Å². The Morgan fingerprint density at radius 1 is 1.41 bits per heavy atom. The molecule has 1 amide bonds. The third-order valence-electron chi connectivity index (χ3n) is 4.09. The number of nitrogens with one attached hydrogen (secondary N) is 1. The van der Waals surface area contributed by atoms with E-state index in [2.05, 4.69) is 15.2 Å². The number of carbonyl (C=O) groups excluding carboxylic acids is 1. The zero-order valence-electron chi connectivity index (χ0n) is 14.2. The maximum Gasteiger partial charge on any atom is 0.344 e. The molecule has 3 aromatic rings. The smallest absolute Gasteiger partial charge is 0.319 e. The third kappa shape index (κ3) is 4.26. The predicted molar refractivity (Wildman–Crippen MR) is 105 cm³/mol. The summed E-state index contributed by atoms with van der Waals surface area (Å²) in [6.07, 6.45) is 3.83. The van der Waals surface area contributed by atoms with Gasteiger partial charge >= 0.3 is 5.69 Å². The summed E-state index contributed by atoms with van der Waals surface area (Å²) in [6.45, 7) is 0.545. The first-order valence-electron chi connectivity index (χ1n) is 8.36. The third-order valence-corrected chi connectivity index (χ3v) is 6.19. The molecule has 7 nitrogen and oxygen atoms in total. The lowest BCUT2D eigenvalue weighted by Gasteiger charge is -2.05. The molecule has 1 saturated carbocycles. The average molecular weight is 422 g/mol. The van der Waals surface area contributed by atoms with Crippen molar-refractivity contribution in [1.29, 1.82) is 0 Å². The summed E-state index contributed by atoms with van der Waals surface area (Å²) in [6, 6.07) is 7.80. The fourth-order valence-electron chi connectivity index (χ4n) is 2.63. The predicted octanol–water partition coefficient (Wildman–Crippen LogP) is 2.69. The molecule has 0 aliphatic heterocycles. The topological polar surface area (TPSA) is 85.0 Å². The number of hydrogen-bond donors (Lipinski definition) is 1. The lowest BCUT2D eigenvalue weighted by Crippen LogP contribution is -2.18. The molecule has 0 spiro atoms. The van der Waals surface area contributed by atoms with Crippen LogP contribution in [0.2, 0.25) is 5.02 Å². The maximum absolute atomic E-state index is 12.3. The fourth-order valence-corrected chi connectivity index (χ4v) is 4.37. The average Bonchev–Trinajstić information content (AvgIpc) is 3.29. The zero-order valence-corrected chi connectivity index (χ0v) is 16.6. The van der Waals surface area contributed by atoms with Gasteiger partial charge in [0, 0.05) is 22.6 Å². The highest BCUT2D eigenvalue weighted by Gasteiger charge is 2.28. The number of aromatic nitrogens is 4. The Morgan fingerprint density at radius 2 is 2.22 bits per heavy atom. The first kappa shape index (κ1) is 18.3. The summed E-state index contributed by atoms with van der Waals surface area (Å²) in [7, 11) is 0. The van der Waals surface area contributed by atoms with Crippen LogP contribution in [0.1, 0.15) is 24.4 Å². The normalized spacial score (nSPS) is 14.6. The van der Waals surface area contributed by atoms with Gasteiger partial charge in [0.1, 0.15) is 0 Å². The van der Waals surface area contributed by atoms with E-state index < -0.39 is 0 Å². The van der Waals surface area contributed by atoms with E-state index in [0.29, 0.717) is 21.5 Å². The van der Waals surface area contributed by atoms with Crippen LogP contribution in [0.5, 0.6) is 0 Å². The van der Waals surface area contributed by atoms with Gasteiger partial charge in [0.25, 0.3) is 5.91 Å². The van der Waals surface area contributed by atoms with Gasteiger partial charge < -0.3 is 4.57 Å². The molecular weight excluding hydrogens is 406 g/mol. The molecular formula is C17H16ClN5O2S2. The van der Waals surface area contributed by atoms with Crippen LogP contribution in [0.25, 0.3) is 0 Å². The lowest BCUT2D eigenvalue weighted by molar-refractivity contribution is -0.115.